The van der Waals surface area contributed by atoms with E-state index in [9.17, 15) is 0 Å². The highest BCUT2D eigenvalue weighted by atomic mass is 127. The average molecular weight is 541 g/mol. The smallest absolute Gasteiger partial charge is 0.191 e. The SMILES string of the molecule is CN=C(NCCCn1cccn1)NCC1(c2ccc(OC)c(OC)c2)CCCCC1.I. The van der Waals surface area contributed by atoms with Crippen LogP contribution in [0, 0.1) is 0 Å². The number of aliphatic imine (C=N–C) groups is 1. The molecule has 1 heterocycles. The van der Waals surface area contributed by atoms with Gasteiger partial charge >= 0.3 is 0 Å². The number of nitrogens with one attached hydrogen (secondary N) is 2. The molecule has 0 unspecified atom stereocenters. The number of halogens is 1. The molecular weight excluding hydrogens is 505 g/mol. The van der Waals surface area contributed by atoms with E-state index in [-0.39, 0.29) is 29.4 Å². The van der Waals surface area contributed by atoms with Gasteiger partial charge < -0.3 is 20.1 Å². The summed E-state index contributed by atoms with van der Waals surface area (Å²) in [6, 6.07) is 8.30. The number of hydrogen-bond donors (Lipinski definition) is 2. The summed E-state index contributed by atoms with van der Waals surface area (Å²) in [5.41, 5.74) is 1.38. The van der Waals surface area contributed by atoms with Gasteiger partial charge in [0.25, 0.3) is 0 Å². The Kier molecular flexibility index (Phi) is 10.4. The lowest BCUT2D eigenvalue weighted by atomic mass is 9.69. The molecule has 1 fully saturated rings. The van der Waals surface area contributed by atoms with Crippen LogP contribution in [-0.2, 0) is 12.0 Å². The van der Waals surface area contributed by atoms with Crippen molar-refractivity contribution < 1.29 is 9.47 Å². The average Bonchev–Trinajstić information content (AvgIpc) is 3.32. The van der Waals surface area contributed by atoms with Crippen molar-refractivity contribution >= 4 is 29.9 Å². The van der Waals surface area contributed by atoms with Gasteiger partial charge in [0.1, 0.15) is 0 Å². The first-order valence-electron chi connectivity index (χ1n) is 10.9. The highest BCUT2D eigenvalue weighted by molar-refractivity contribution is 14.0. The number of aryl methyl sites for hydroxylation is 1. The summed E-state index contributed by atoms with van der Waals surface area (Å²) in [7, 11) is 5.20. The molecule has 1 aromatic heterocycles. The van der Waals surface area contributed by atoms with Crippen molar-refractivity contribution in [2.75, 3.05) is 34.4 Å². The zero-order chi connectivity index (χ0) is 21.2. The van der Waals surface area contributed by atoms with Crippen molar-refractivity contribution in [3.8, 4) is 11.5 Å². The molecule has 0 saturated heterocycles. The highest BCUT2D eigenvalue weighted by Gasteiger charge is 2.34. The fourth-order valence-electron chi connectivity index (χ4n) is 4.32. The van der Waals surface area contributed by atoms with E-state index < -0.39 is 0 Å². The lowest BCUT2D eigenvalue weighted by Gasteiger charge is -2.38. The maximum absolute atomic E-state index is 5.57. The van der Waals surface area contributed by atoms with E-state index in [1.165, 1.54) is 24.8 Å². The first-order chi connectivity index (χ1) is 14.7. The Morgan fingerprint density at radius 2 is 1.90 bits per heavy atom. The fraction of sp³-hybridized carbons (Fsp3) is 0.565. The van der Waals surface area contributed by atoms with Gasteiger partial charge in [-0.25, -0.2) is 0 Å². The van der Waals surface area contributed by atoms with Gasteiger partial charge in [-0.15, -0.1) is 24.0 Å². The van der Waals surface area contributed by atoms with Gasteiger partial charge in [0.05, 0.1) is 14.2 Å². The Labute approximate surface area is 203 Å². The van der Waals surface area contributed by atoms with Crippen molar-refractivity contribution in [2.45, 2.75) is 50.5 Å². The molecule has 0 atom stereocenters. The van der Waals surface area contributed by atoms with Gasteiger partial charge in [0.2, 0.25) is 0 Å². The maximum atomic E-state index is 5.57. The van der Waals surface area contributed by atoms with Gasteiger partial charge in [-0.3, -0.25) is 9.67 Å². The van der Waals surface area contributed by atoms with Gasteiger partial charge in [-0.2, -0.15) is 5.10 Å². The first kappa shape index (κ1) is 25.3. The van der Waals surface area contributed by atoms with Crippen LogP contribution in [0.5, 0.6) is 11.5 Å². The predicted molar refractivity (Wildman–Crippen MR) is 136 cm³/mol. The summed E-state index contributed by atoms with van der Waals surface area (Å²) in [5.74, 6) is 2.41. The second-order valence-corrected chi connectivity index (χ2v) is 7.89. The van der Waals surface area contributed by atoms with Crippen LogP contribution in [0.1, 0.15) is 44.1 Å². The van der Waals surface area contributed by atoms with E-state index in [0.29, 0.717) is 0 Å². The molecule has 1 aromatic carbocycles. The molecule has 2 N–H and O–H groups in total. The minimum Gasteiger partial charge on any atom is -0.493 e. The van der Waals surface area contributed by atoms with E-state index in [1.807, 2.05) is 36.3 Å². The number of guanidine groups is 1. The van der Waals surface area contributed by atoms with Crippen LogP contribution >= 0.6 is 24.0 Å². The normalized spacial score (nSPS) is 15.6. The summed E-state index contributed by atoms with van der Waals surface area (Å²) in [5, 5.41) is 11.3. The van der Waals surface area contributed by atoms with E-state index in [4.69, 9.17) is 9.47 Å². The lowest BCUT2D eigenvalue weighted by molar-refractivity contribution is 0.288. The maximum Gasteiger partial charge on any atom is 0.191 e. The molecule has 0 bridgehead atoms. The monoisotopic (exact) mass is 541 g/mol. The van der Waals surface area contributed by atoms with Gasteiger partial charge in [0, 0.05) is 44.5 Å². The summed E-state index contributed by atoms with van der Waals surface area (Å²) in [4.78, 5) is 4.42. The minimum absolute atomic E-state index is 0. The number of rotatable bonds is 9. The molecule has 1 aliphatic rings. The van der Waals surface area contributed by atoms with Crippen LogP contribution in [0.2, 0.25) is 0 Å². The Hall–Kier alpha value is -1.97. The van der Waals surface area contributed by atoms with Gasteiger partial charge in [-0.1, -0.05) is 25.3 Å². The minimum atomic E-state index is 0. The lowest BCUT2D eigenvalue weighted by Crippen LogP contribution is -2.46. The van der Waals surface area contributed by atoms with Crippen molar-refractivity contribution in [2.24, 2.45) is 4.99 Å². The second kappa shape index (κ2) is 12.8. The molecule has 172 valence electrons. The molecule has 0 aliphatic heterocycles. The van der Waals surface area contributed by atoms with Crippen molar-refractivity contribution in [3.63, 3.8) is 0 Å². The molecule has 1 saturated carbocycles. The standard InChI is InChI=1S/C23H35N5O2.HI/c1-24-22(25-13-7-15-28-16-8-14-27-28)26-18-23(11-5-4-6-12-23)19-9-10-20(29-2)21(17-19)30-3;/h8-10,14,16-17H,4-7,11-13,15,18H2,1-3H3,(H2,24,25,26);1H. The number of hydrogen-bond acceptors (Lipinski definition) is 4. The van der Waals surface area contributed by atoms with Crippen LogP contribution in [0.15, 0.2) is 41.7 Å². The molecule has 0 radical (unpaired) electrons. The third kappa shape index (κ3) is 6.75. The van der Waals surface area contributed by atoms with E-state index in [0.717, 1.165) is 56.4 Å². The topological polar surface area (TPSA) is 72.7 Å². The van der Waals surface area contributed by atoms with E-state index >= 15 is 0 Å². The van der Waals surface area contributed by atoms with Crippen LogP contribution in [0.4, 0.5) is 0 Å². The van der Waals surface area contributed by atoms with Gasteiger partial charge in [0.15, 0.2) is 17.5 Å². The van der Waals surface area contributed by atoms with Crippen molar-refractivity contribution in [1.82, 2.24) is 20.4 Å². The third-order valence-electron chi connectivity index (χ3n) is 6.04. The summed E-state index contributed by atoms with van der Waals surface area (Å²) in [6.45, 7) is 2.59. The van der Waals surface area contributed by atoms with Crippen LogP contribution < -0.4 is 20.1 Å². The number of nitrogens with zero attached hydrogens (tertiary/aromatic N) is 3. The molecule has 0 amide bonds. The third-order valence-corrected chi connectivity index (χ3v) is 6.04. The van der Waals surface area contributed by atoms with Gasteiger partial charge in [-0.05, 0) is 43.0 Å². The summed E-state index contributed by atoms with van der Waals surface area (Å²) in [6.07, 6.45) is 10.9. The highest BCUT2D eigenvalue weighted by Crippen LogP contribution is 2.42. The van der Waals surface area contributed by atoms with Crippen molar-refractivity contribution in [1.29, 1.82) is 0 Å². The zero-order valence-corrected chi connectivity index (χ0v) is 21.2. The number of benzene rings is 1. The van der Waals surface area contributed by atoms with E-state index in [2.05, 4.69) is 32.9 Å². The fourth-order valence-corrected chi connectivity index (χ4v) is 4.32. The molecule has 2 aromatic rings. The van der Waals surface area contributed by atoms with Crippen molar-refractivity contribution in [3.05, 3.63) is 42.2 Å². The molecule has 0 spiro atoms. The van der Waals surface area contributed by atoms with E-state index in [1.54, 1.807) is 14.2 Å². The molecule has 3 rings (SSSR count). The zero-order valence-electron chi connectivity index (χ0n) is 18.9. The Morgan fingerprint density at radius 3 is 2.55 bits per heavy atom. The second-order valence-electron chi connectivity index (χ2n) is 7.89. The number of methoxy groups -OCH3 is 2. The Bertz CT molecular complexity index is 804. The Morgan fingerprint density at radius 1 is 1.13 bits per heavy atom. The predicted octanol–water partition coefficient (Wildman–Crippen LogP) is 3.98. The largest absolute Gasteiger partial charge is 0.493 e. The van der Waals surface area contributed by atoms with Crippen LogP contribution in [0.3, 0.4) is 0 Å². The quantitative estimate of drug-likeness (QED) is 0.218. The molecule has 8 heteroatoms. The number of ether oxygens (including phenoxy) is 2. The summed E-state index contributed by atoms with van der Waals surface area (Å²) < 4.78 is 13.0. The molecular formula is C23H36IN5O2. The Balaban J connectivity index is 0.00000341. The summed E-state index contributed by atoms with van der Waals surface area (Å²) >= 11 is 0. The molecule has 1 aliphatic carbocycles. The molecule has 7 nitrogen and oxygen atoms in total. The van der Waals surface area contributed by atoms with Crippen LogP contribution in [0.25, 0.3) is 0 Å². The molecule has 31 heavy (non-hydrogen) atoms. The number of aromatic nitrogens is 2. The first-order valence-corrected chi connectivity index (χ1v) is 10.9. The van der Waals surface area contributed by atoms with Crippen LogP contribution in [-0.4, -0.2) is 50.1 Å².